The van der Waals surface area contributed by atoms with E-state index in [-0.39, 0.29) is 0 Å². The highest BCUT2D eigenvalue weighted by molar-refractivity contribution is 6.30. The van der Waals surface area contributed by atoms with E-state index in [0.717, 1.165) is 24.4 Å². The summed E-state index contributed by atoms with van der Waals surface area (Å²) >= 11 is 6.02. The van der Waals surface area contributed by atoms with Crippen LogP contribution in [0.5, 0.6) is 5.75 Å². The van der Waals surface area contributed by atoms with E-state index in [0.29, 0.717) is 23.5 Å². The molecular formula is C15H22ClNO2. The minimum absolute atomic E-state index is 0.291. The maximum Gasteiger partial charge on any atom is 0.142 e. The van der Waals surface area contributed by atoms with E-state index < -0.39 is 0 Å². The first-order chi connectivity index (χ1) is 9.24. The number of aliphatic hydroxyl groups is 1. The van der Waals surface area contributed by atoms with Gasteiger partial charge in [0, 0.05) is 18.2 Å². The zero-order valence-corrected chi connectivity index (χ0v) is 12.1. The zero-order valence-electron chi connectivity index (χ0n) is 11.4. The van der Waals surface area contributed by atoms with Crippen LogP contribution in [0.25, 0.3) is 0 Å². The maximum absolute atomic E-state index is 9.43. The van der Waals surface area contributed by atoms with Crippen molar-refractivity contribution >= 4 is 17.3 Å². The van der Waals surface area contributed by atoms with Gasteiger partial charge >= 0.3 is 0 Å². The van der Waals surface area contributed by atoms with Crippen molar-refractivity contribution in [1.29, 1.82) is 0 Å². The smallest absolute Gasteiger partial charge is 0.142 e. The summed E-state index contributed by atoms with van der Waals surface area (Å²) in [7, 11) is 1.66. The summed E-state index contributed by atoms with van der Waals surface area (Å²) in [6.45, 7) is 1.15. The Labute approximate surface area is 119 Å². The van der Waals surface area contributed by atoms with Crippen molar-refractivity contribution in [3.8, 4) is 5.75 Å². The van der Waals surface area contributed by atoms with Crippen LogP contribution in [-0.2, 0) is 0 Å². The van der Waals surface area contributed by atoms with Crippen LogP contribution in [0.1, 0.15) is 25.7 Å². The Bertz CT molecular complexity index is 411. The fourth-order valence-corrected chi connectivity index (χ4v) is 3.03. The van der Waals surface area contributed by atoms with E-state index in [4.69, 9.17) is 16.3 Å². The van der Waals surface area contributed by atoms with Gasteiger partial charge in [-0.2, -0.15) is 0 Å². The van der Waals surface area contributed by atoms with Crippen LogP contribution in [-0.4, -0.2) is 25.4 Å². The van der Waals surface area contributed by atoms with Gasteiger partial charge < -0.3 is 15.2 Å². The molecule has 1 aromatic rings. The zero-order chi connectivity index (χ0) is 13.7. The van der Waals surface area contributed by atoms with E-state index in [1.54, 1.807) is 7.11 Å². The summed E-state index contributed by atoms with van der Waals surface area (Å²) in [5.74, 6) is 1.76. The average Bonchev–Trinajstić information content (AvgIpc) is 2.45. The number of hydrogen-bond donors (Lipinski definition) is 2. The Morgan fingerprint density at radius 3 is 2.74 bits per heavy atom. The SMILES string of the molecule is COc1ccc(Cl)cc1NCC1CCCCC1CO. The molecule has 2 rings (SSSR count). The predicted octanol–water partition coefficient (Wildman–Crippen LogP) is 3.56. The number of rotatable bonds is 5. The van der Waals surface area contributed by atoms with Crippen LogP contribution < -0.4 is 10.1 Å². The summed E-state index contributed by atoms with van der Waals surface area (Å²) in [6, 6.07) is 5.58. The molecular weight excluding hydrogens is 262 g/mol. The van der Waals surface area contributed by atoms with Crippen molar-refractivity contribution in [2.75, 3.05) is 25.6 Å². The van der Waals surface area contributed by atoms with E-state index in [1.165, 1.54) is 19.3 Å². The van der Waals surface area contributed by atoms with Crippen molar-refractivity contribution in [3.63, 3.8) is 0 Å². The Balaban J connectivity index is 1.99. The van der Waals surface area contributed by atoms with Gasteiger partial charge in [-0.3, -0.25) is 0 Å². The second kappa shape index (κ2) is 7.01. The average molecular weight is 284 g/mol. The van der Waals surface area contributed by atoms with Gasteiger partial charge in [-0.25, -0.2) is 0 Å². The minimum atomic E-state index is 0.291. The first-order valence-electron chi connectivity index (χ1n) is 6.93. The summed E-state index contributed by atoms with van der Waals surface area (Å²) in [4.78, 5) is 0. The van der Waals surface area contributed by atoms with E-state index >= 15 is 0 Å². The molecule has 1 fully saturated rings. The number of nitrogens with one attached hydrogen (secondary N) is 1. The van der Waals surface area contributed by atoms with Gasteiger partial charge in [0.25, 0.3) is 0 Å². The predicted molar refractivity (Wildman–Crippen MR) is 79.0 cm³/mol. The van der Waals surface area contributed by atoms with E-state index in [2.05, 4.69) is 5.32 Å². The van der Waals surface area contributed by atoms with Gasteiger partial charge in [0.1, 0.15) is 5.75 Å². The molecule has 0 bridgehead atoms. The second-order valence-electron chi connectivity index (χ2n) is 5.21. The maximum atomic E-state index is 9.43. The Morgan fingerprint density at radius 1 is 1.32 bits per heavy atom. The summed E-state index contributed by atoms with van der Waals surface area (Å²) in [5, 5.41) is 13.5. The molecule has 1 aromatic carbocycles. The molecule has 0 aliphatic heterocycles. The third-order valence-corrected chi connectivity index (χ3v) is 4.25. The molecule has 0 radical (unpaired) electrons. The van der Waals surface area contributed by atoms with Crippen molar-refractivity contribution in [2.45, 2.75) is 25.7 Å². The number of aliphatic hydroxyl groups excluding tert-OH is 1. The van der Waals surface area contributed by atoms with Crippen molar-refractivity contribution in [1.82, 2.24) is 0 Å². The topological polar surface area (TPSA) is 41.5 Å². The van der Waals surface area contributed by atoms with Gasteiger partial charge in [-0.1, -0.05) is 24.4 Å². The number of hydrogen-bond acceptors (Lipinski definition) is 3. The number of methoxy groups -OCH3 is 1. The van der Waals surface area contributed by atoms with Gasteiger partial charge in [0.05, 0.1) is 12.8 Å². The third kappa shape index (κ3) is 3.77. The second-order valence-corrected chi connectivity index (χ2v) is 5.65. The molecule has 1 aliphatic rings. The Hall–Kier alpha value is -0.930. The molecule has 2 unspecified atom stereocenters. The van der Waals surface area contributed by atoms with Crippen LogP contribution >= 0.6 is 11.6 Å². The molecule has 0 amide bonds. The normalized spacial score (nSPS) is 23.1. The monoisotopic (exact) mass is 283 g/mol. The molecule has 1 aliphatic carbocycles. The summed E-state index contributed by atoms with van der Waals surface area (Å²) in [6.07, 6.45) is 4.81. The lowest BCUT2D eigenvalue weighted by molar-refractivity contribution is 0.141. The van der Waals surface area contributed by atoms with E-state index in [9.17, 15) is 5.11 Å². The quantitative estimate of drug-likeness (QED) is 0.868. The highest BCUT2D eigenvalue weighted by Gasteiger charge is 2.24. The van der Waals surface area contributed by atoms with Crippen LogP contribution in [0.3, 0.4) is 0 Å². The molecule has 19 heavy (non-hydrogen) atoms. The number of ether oxygens (including phenoxy) is 1. The van der Waals surface area contributed by atoms with Crippen LogP contribution in [0.4, 0.5) is 5.69 Å². The largest absolute Gasteiger partial charge is 0.495 e. The Morgan fingerprint density at radius 2 is 2.05 bits per heavy atom. The lowest BCUT2D eigenvalue weighted by Gasteiger charge is -2.30. The number of anilines is 1. The number of benzene rings is 1. The molecule has 0 spiro atoms. The van der Waals surface area contributed by atoms with Crippen molar-refractivity contribution in [3.05, 3.63) is 23.2 Å². The van der Waals surface area contributed by atoms with E-state index in [1.807, 2.05) is 18.2 Å². The first-order valence-corrected chi connectivity index (χ1v) is 7.30. The summed E-state index contributed by atoms with van der Waals surface area (Å²) in [5.41, 5.74) is 0.928. The first kappa shape index (κ1) is 14.5. The Kier molecular flexibility index (Phi) is 5.34. The minimum Gasteiger partial charge on any atom is -0.495 e. The molecule has 0 heterocycles. The molecule has 4 heteroatoms. The van der Waals surface area contributed by atoms with Crippen molar-refractivity contribution in [2.24, 2.45) is 11.8 Å². The molecule has 0 aromatic heterocycles. The summed E-state index contributed by atoms with van der Waals surface area (Å²) < 4.78 is 5.32. The van der Waals surface area contributed by atoms with Gasteiger partial charge in [-0.05, 0) is 42.9 Å². The molecule has 106 valence electrons. The highest BCUT2D eigenvalue weighted by Crippen LogP contribution is 2.32. The lowest BCUT2D eigenvalue weighted by Crippen LogP contribution is -2.28. The third-order valence-electron chi connectivity index (χ3n) is 4.02. The molecule has 3 nitrogen and oxygen atoms in total. The fraction of sp³-hybridized carbons (Fsp3) is 0.600. The molecule has 2 N–H and O–H groups in total. The molecule has 2 atom stereocenters. The van der Waals surface area contributed by atoms with Crippen LogP contribution in [0, 0.1) is 11.8 Å². The van der Waals surface area contributed by atoms with Crippen molar-refractivity contribution < 1.29 is 9.84 Å². The molecule has 1 saturated carbocycles. The van der Waals surface area contributed by atoms with Gasteiger partial charge in [0.2, 0.25) is 0 Å². The van der Waals surface area contributed by atoms with Crippen LogP contribution in [0.2, 0.25) is 5.02 Å². The van der Waals surface area contributed by atoms with Crippen LogP contribution in [0.15, 0.2) is 18.2 Å². The molecule has 0 saturated heterocycles. The highest BCUT2D eigenvalue weighted by atomic mass is 35.5. The van der Waals surface area contributed by atoms with Gasteiger partial charge in [-0.15, -0.1) is 0 Å². The standard InChI is InChI=1S/C15H22ClNO2/c1-19-15-7-6-13(16)8-14(15)17-9-11-4-2-3-5-12(11)10-18/h6-8,11-12,17-18H,2-5,9-10H2,1H3. The number of halogens is 1. The lowest BCUT2D eigenvalue weighted by atomic mass is 9.79. The van der Waals surface area contributed by atoms with Gasteiger partial charge in [0.15, 0.2) is 0 Å². The fourth-order valence-electron chi connectivity index (χ4n) is 2.85.